The van der Waals surface area contributed by atoms with Crippen molar-refractivity contribution in [2.45, 2.75) is 83.4 Å². The predicted octanol–water partition coefficient (Wildman–Crippen LogP) is 3.28. The first-order valence-electron chi connectivity index (χ1n) is 8.25. The average molecular weight is 279 g/mol. The van der Waals surface area contributed by atoms with Gasteiger partial charge in [-0.15, -0.1) is 0 Å². The summed E-state index contributed by atoms with van der Waals surface area (Å²) < 4.78 is 5.51. The third-order valence-corrected chi connectivity index (χ3v) is 5.32. The lowest BCUT2D eigenvalue weighted by Gasteiger charge is -2.57. The van der Waals surface area contributed by atoms with Crippen LogP contribution in [0.3, 0.4) is 0 Å². The van der Waals surface area contributed by atoms with Gasteiger partial charge in [-0.05, 0) is 84.0 Å². The van der Waals surface area contributed by atoms with Crippen LogP contribution in [0.25, 0.3) is 0 Å². The summed E-state index contributed by atoms with van der Waals surface area (Å²) >= 11 is 0. The highest BCUT2D eigenvalue weighted by Gasteiger charge is 2.51. The standard InChI is InChI=1S/C17H29NO2/c1-11(15(19)20-16(2,3)4)18-17-8-12-5-13(9-17)7-14(6-12)10-17/h11-14,18H,5-10H2,1-4H3. The fourth-order valence-electron chi connectivity index (χ4n) is 5.20. The van der Waals surface area contributed by atoms with E-state index >= 15 is 0 Å². The van der Waals surface area contributed by atoms with Gasteiger partial charge >= 0.3 is 5.97 Å². The predicted molar refractivity (Wildman–Crippen MR) is 79.3 cm³/mol. The second-order valence-corrected chi connectivity index (χ2v) is 8.60. The molecule has 114 valence electrons. The zero-order valence-corrected chi connectivity index (χ0v) is 13.4. The number of carbonyl (C=O) groups is 1. The fraction of sp³-hybridized carbons (Fsp3) is 0.941. The monoisotopic (exact) mass is 279 g/mol. The van der Waals surface area contributed by atoms with Gasteiger partial charge in [0.05, 0.1) is 0 Å². The molecule has 0 aromatic rings. The lowest BCUT2D eigenvalue weighted by Crippen LogP contribution is -2.61. The summed E-state index contributed by atoms with van der Waals surface area (Å²) in [6.45, 7) is 7.76. The number of hydrogen-bond acceptors (Lipinski definition) is 3. The van der Waals surface area contributed by atoms with E-state index in [4.69, 9.17) is 4.74 Å². The second kappa shape index (κ2) is 4.72. The molecule has 4 aliphatic rings. The van der Waals surface area contributed by atoms with Gasteiger partial charge in [0.15, 0.2) is 0 Å². The van der Waals surface area contributed by atoms with E-state index in [2.05, 4.69) is 5.32 Å². The molecule has 4 saturated carbocycles. The van der Waals surface area contributed by atoms with Crippen molar-refractivity contribution in [3.05, 3.63) is 0 Å². The molecule has 4 fully saturated rings. The Morgan fingerprint density at radius 2 is 1.55 bits per heavy atom. The molecular formula is C17H29NO2. The molecule has 4 bridgehead atoms. The zero-order chi connectivity index (χ0) is 14.5. The Morgan fingerprint density at radius 3 is 1.95 bits per heavy atom. The fourth-order valence-corrected chi connectivity index (χ4v) is 5.20. The van der Waals surface area contributed by atoms with Crippen molar-refractivity contribution >= 4 is 5.97 Å². The number of rotatable bonds is 3. The van der Waals surface area contributed by atoms with Crippen molar-refractivity contribution in [1.29, 1.82) is 0 Å². The van der Waals surface area contributed by atoms with Gasteiger partial charge in [-0.1, -0.05) is 0 Å². The molecule has 0 aromatic heterocycles. The molecule has 0 spiro atoms. The van der Waals surface area contributed by atoms with Crippen LogP contribution >= 0.6 is 0 Å². The highest BCUT2D eigenvalue weighted by molar-refractivity contribution is 5.75. The van der Waals surface area contributed by atoms with Gasteiger partial charge in [-0.25, -0.2) is 0 Å². The first-order chi connectivity index (χ1) is 9.25. The minimum absolute atomic E-state index is 0.103. The van der Waals surface area contributed by atoms with E-state index in [1.54, 1.807) is 0 Å². The zero-order valence-electron chi connectivity index (χ0n) is 13.4. The van der Waals surface area contributed by atoms with Gasteiger partial charge in [0.1, 0.15) is 11.6 Å². The maximum Gasteiger partial charge on any atom is 0.323 e. The molecule has 0 saturated heterocycles. The Bertz CT molecular complexity index is 361. The van der Waals surface area contributed by atoms with Gasteiger partial charge in [0, 0.05) is 5.54 Å². The van der Waals surface area contributed by atoms with Crippen molar-refractivity contribution in [3.8, 4) is 0 Å². The van der Waals surface area contributed by atoms with Gasteiger partial charge in [-0.3, -0.25) is 10.1 Å². The van der Waals surface area contributed by atoms with Crippen LogP contribution in [0, 0.1) is 17.8 Å². The highest BCUT2D eigenvalue weighted by atomic mass is 16.6. The Hall–Kier alpha value is -0.570. The van der Waals surface area contributed by atoms with Crippen molar-refractivity contribution in [1.82, 2.24) is 5.32 Å². The van der Waals surface area contributed by atoms with Crippen LogP contribution in [0.1, 0.15) is 66.2 Å². The van der Waals surface area contributed by atoms with Crippen LogP contribution < -0.4 is 5.32 Å². The molecule has 0 heterocycles. The van der Waals surface area contributed by atoms with Gasteiger partial charge in [0.2, 0.25) is 0 Å². The smallest absolute Gasteiger partial charge is 0.323 e. The largest absolute Gasteiger partial charge is 0.459 e. The number of carbonyl (C=O) groups excluding carboxylic acids is 1. The molecule has 3 nitrogen and oxygen atoms in total. The number of esters is 1. The molecular weight excluding hydrogens is 250 g/mol. The van der Waals surface area contributed by atoms with Gasteiger partial charge in [0.25, 0.3) is 0 Å². The topological polar surface area (TPSA) is 38.3 Å². The SMILES string of the molecule is CC(NC12CC3CC(CC(C3)C1)C2)C(=O)OC(C)(C)C. The van der Waals surface area contributed by atoms with Crippen LogP contribution in [-0.4, -0.2) is 23.2 Å². The quantitative estimate of drug-likeness (QED) is 0.806. The van der Waals surface area contributed by atoms with Crippen molar-refractivity contribution in [2.24, 2.45) is 17.8 Å². The van der Waals surface area contributed by atoms with E-state index in [-0.39, 0.29) is 17.6 Å². The second-order valence-electron chi connectivity index (χ2n) is 8.60. The van der Waals surface area contributed by atoms with Crippen LogP contribution in [0.4, 0.5) is 0 Å². The lowest BCUT2D eigenvalue weighted by molar-refractivity contribution is -0.158. The van der Waals surface area contributed by atoms with Crippen molar-refractivity contribution in [3.63, 3.8) is 0 Å². The van der Waals surface area contributed by atoms with Crippen LogP contribution in [0.5, 0.6) is 0 Å². The number of ether oxygens (including phenoxy) is 1. The molecule has 0 amide bonds. The van der Waals surface area contributed by atoms with E-state index in [0.29, 0.717) is 0 Å². The summed E-state index contributed by atoms with van der Waals surface area (Å²) in [6, 6.07) is -0.189. The molecule has 1 unspecified atom stereocenters. The lowest BCUT2D eigenvalue weighted by atomic mass is 9.53. The molecule has 4 aliphatic carbocycles. The minimum atomic E-state index is -0.394. The molecule has 4 rings (SSSR count). The molecule has 1 N–H and O–H groups in total. The Labute approximate surface area is 122 Å². The number of hydrogen-bond donors (Lipinski definition) is 1. The van der Waals surface area contributed by atoms with Crippen molar-refractivity contribution < 1.29 is 9.53 Å². The van der Waals surface area contributed by atoms with E-state index in [0.717, 1.165) is 17.8 Å². The van der Waals surface area contributed by atoms with E-state index in [1.165, 1.54) is 38.5 Å². The Balaban J connectivity index is 1.64. The molecule has 20 heavy (non-hydrogen) atoms. The summed E-state index contributed by atoms with van der Waals surface area (Å²) in [5.41, 5.74) is -0.167. The summed E-state index contributed by atoms with van der Waals surface area (Å²) in [5.74, 6) is 2.60. The third kappa shape index (κ3) is 2.88. The summed E-state index contributed by atoms with van der Waals surface area (Å²) in [4.78, 5) is 12.2. The first kappa shape index (κ1) is 14.4. The molecule has 0 aliphatic heterocycles. The Kier molecular flexibility index (Phi) is 3.39. The van der Waals surface area contributed by atoms with Crippen LogP contribution in [0.15, 0.2) is 0 Å². The summed E-state index contributed by atoms with van der Waals surface area (Å²) in [6.07, 6.45) is 8.11. The first-order valence-corrected chi connectivity index (χ1v) is 8.25. The van der Waals surface area contributed by atoms with E-state index < -0.39 is 5.60 Å². The van der Waals surface area contributed by atoms with Crippen LogP contribution in [0.2, 0.25) is 0 Å². The normalized spacial score (nSPS) is 40.7. The maximum atomic E-state index is 12.2. The van der Waals surface area contributed by atoms with Crippen molar-refractivity contribution in [2.75, 3.05) is 0 Å². The van der Waals surface area contributed by atoms with E-state index in [1.807, 2.05) is 27.7 Å². The molecule has 3 heteroatoms. The van der Waals surface area contributed by atoms with Gasteiger partial charge < -0.3 is 4.74 Å². The molecule has 1 atom stereocenters. The average Bonchev–Trinajstić information content (AvgIpc) is 2.23. The minimum Gasteiger partial charge on any atom is -0.459 e. The number of nitrogens with one attached hydrogen (secondary N) is 1. The van der Waals surface area contributed by atoms with Crippen LogP contribution in [-0.2, 0) is 9.53 Å². The Morgan fingerprint density at radius 1 is 1.10 bits per heavy atom. The van der Waals surface area contributed by atoms with Gasteiger partial charge in [-0.2, -0.15) is 0 Å². The molecule has 0 aromatic carbocycles. The third-order valence-electron chi connectivity index (χ3n) is 5.32. The maximum absolute atomic E-state index is 12.2. The summed E-state index contributed by atoms with van der Waals surface area (Å²) in [5, 5.41) is 3.67. The highest BCUT2D eigenvalue weighted by Crippen LogP contribution is 2.55. The summed E-state index contributed by atoms with van der Waals surface area (Å²) in [7, 11) is 0. The van der Waals surface area contributed by atoms with E-state index in [9.17, 15) is 4.79 Å². The molecule has 0 radical (unpaired) electrons.